The monoisotopic (exact) mass is 313 g/mol. The fourth-order valence-corrected chi connectivity index (χ4v) is 3.07. The number of aryl methyl sites for hydroxylation is 2. The molecule has 2 N–H and O–H groups in total. The first-order valence-electron chi connectivity index (χ1n) is 8.46. The van der Waals surface area contributed by atoms with E-state index in [4.69, 9.17) is 0 Å². The number of anilines is 1. The number of rotatable bonds is 6. The summed E-state index contributed by atoms with van der Waals surface area (Å²) in [5.41, 5.74) is 5.11. The minimum atomic E-state index is 0.894. The maximum Gasteiger partial charge on any atom is 0.0535 e. The summed E-state index contributed by atoms with van der Waals surface area (Å²) in [4.78, 5) is 5.04. The number of aromatic nitrogens is 2. The van der Waals surface area contributed by atoms with Crippen molar-refractivity contribution in [2.24, 2.45) is 0 Å². The first-order valence-corrected chi connectivity index (χ1v) is 8.46. The Morgan fingerprint density at radius 2 is 2.00 bits per heavy atom. The van der Waals surface area contributed by atoms with Crippen LogP contribution in [0.5, 0.6) is 0 Å². The van der Waals surface area contributed by atoms with Crippen LogP contribution in [0.3, 0.4) is 0 Å². The Kier molecular flexibility index (Phi) is 5.31. The smallest absolute Gasteiger partial charge is 0.0535 e. The van der Waals surface area contributed by atoms with Crippen molar-refractivity contribution in [2.75, 3.05) is 44.2 Å². The lowest BCUT2D eigenvalue weighted by molar-refractivity contribution is 0.257. The summed E-state index contributed by atoms with van der Waals surface area (Å²) in [6, 6.07) is 8.81. The van der Waals surface area contributed by atoms with Crippen LogP contribution in [0.25, 0.3) is 0 Å². The number of piperazine rings is 1. The third-order valence-electron chi connectivity index (χ3n) is 4.59. The van der Waals surface area contributed by atoms with E-state index < -0.39 is 0 Å². The van der Waals surface area contributed by atoms with Crippen LogP contribution in [-0.4, -0.2) is 54.4 Å². The lowest BCUT2D eigenvalue weighted by Crippen LogP contribution is -2.48. The Hall–Kier alpha value is -1.85. The first-order chi connectivity index (χ1) is 11.2. The highest BCUT2D eigenvalue weighted by Crippen LogP contribution is 2.17. The number of aromatic amines is 1. The molecule has 0 amide bonds. The minimum absolute atomic E-state index is 0.894. The van der Waals surface area contributed by atoms with Crippen molar-refractivity contribution in [3.8, 4) is 0 Å². The van der Waals surface area contributed by atoms with Crippen LogP contribution in [0.4, 0.5) is 5.69 Å². The van der Waals surface area contributed by atoms with Crippen LogP contribution < -0.4 is 10.2 Å². The summed E-state index contributed by atoms with van der Waals surface area (Å²) < 4.78 is 0. The highest BCUT2D eigenvalue weighted by Gasteiger charge is 2.16. The van der Waals surface area contributed by atoms with E-state index >= 15 is 0 Å². The van der Waals surface area contributed by atoms with Crippen LogP contribution in [0.1, 0.15) is 16.8 Å². The van der Waals surface area contributed by atoms with Crippen LogP contribution in [0.2, 0.25) is 0 Å². The molecule has 0 spiro atoms. The van der Waals surface area contributed by atoms with Gasteiger partial charge in [0.25, 0.3) is 0 Å². The van der Waals surface area contributed by atoms with E-state index in [2.05, 4.69) is 63.4 Å². The average molecular weight is 313 g/mol. The van der Waals surface area contributed by atoms with Crippen molar-refractivity contribution in [3.63, 3.8) is 0 Å². The summed E-state index contributed by atoms with van der Waals surface area (Å²) >= 11 is 0. The Labute approximate surface area is 138 Å². The van der Waals surface area contributed by atoms with E-state index in [0.29, 0.717) is 0 Å². The van der Waals surface area contributed by atoms with Crippen molar-refractivity contribution in [1.82, 2.24) is 20.4 Å². The topological polar surface area (TPSA) is 47.2 Å². The van der Waals surface area contributed by atoms with Gasteiger partial charge in [0, 0.05) is 62.8 Å². The van der Waals surface area contributed by atoms with E-state index in [1.165, 1.54) is 16.8 Å². The van der Waals surface area contributed by atoms with Crippen LogP contribution >= 0.6 is 0 Å². The molecule has 1 aromatic carbocycles. The van der Waals surface area contributed by atoms with Gasteiger partial charge in [-0.3, -0.25) is 10.00 Å². The van der Waals surface area contributed by atoms with Crippen LogP contribution in [0, 0.1) is 13.8 Å². The number of H-pyrrole nitrogens is 1. The van der Waals surface area contributed by atoms with Crippen molar-refractivity contribution in [1.29, 1.82) is 0 Å². The largest absolute Gasteiger partial charge is 0.369 e. The van der Waals surface area contributed by atoms with E-state index in [-0.39, 0.29) is 0 Å². The second kappa shape index (κ2) is 7.62. The van der Waals surface area contributed by atoms with Crippen molar-refractivity contribution in [3.05, 3.63) is 47.3 Å². The maximum absolute atomic E-state index is 4.05. The van der Waals surface area contributed by atoms with Gasteiger partial charge in [0.1, 0.15) is 0 Å². The molecule has 0 bridgehead atoms. The molecule has 3 rings (SSSR count). The summed E-state index contributed by atoms with van der Waals surface area (Å²) in [6.45, 7) is 11.8. The molecule has 5 heteroatoms. The summed E-state index contributed by atoms with van der Waals surface area (Å²) in [6.07, 6.45) is 1.91. The standard InChI is InChI=1S/C18H27N5/c1-15-4-3-5-18(12-15)23-10-8-22(9-11-23)7-6-19-13-17-14-20-21-16(17)2/h3-5,12,14,19H,6-11,13H2,1-2H3,(H,20,21). The van der Waals surface area contributed by atoms with Crippen molar-refractivity contribution in [2.45, 2.75) is 20.4 Å². The Balaban J connectivity index is 1.37. The number of nitrogens with zero attached hydrogens (tertiary/aromatic N) is 3. The fraction of sp³-hybridized carbons (Fsp3) is 0.500. The van der Waals surface area contributed by atoms with Crippen LogP contribution in [-0.2, 0) is 6.54 Å². The van der Waals surface area contributed by atoms with Gasteiger partial charge in [0.05, 0.1) is 6.20 Å². The van der Waals surface area contributed by atoms with Gasteiger partial charge in [-0.25, -0.2) is 0 Å². The molecule has 1 saturated heterocycles. The molecular formula is C18H27N5. The lowest BCUT2D eigenvalue weighted by Gasteiger charge is -2.36. The zero-order chi connectivity index (χ0) is 16.1. The molecule has 0 unspecified atom stereocenters. The third-order valence-corrected chi connectivity index (χ3v) is 4.59. The predicted molar refractivity (Wildman–Crippen MR) is 94.9 cm³/mol. The van der Waals surface area contributed by atoms with E-state index in [1.54, 1.807) is 0 Å². The van der Waals surface area contributed by atoms with Gasteiger partial charge in [-0.05, 0) is 31.5 Å². The Morgan fingerprint density at radius 3 is 2.70 bits per heavy atom. The molecule has 1 fully saturated rings. The highest BCUT2D eigenvalue weighted by molar-refractivity contribution is 5.48. The Morgan fingerprint density at radius 1 is 1.17 bits per heavy atom. The molecule has 5 nitrogen and oxygen atoms in total. The minimum Gasteiger partial charge on any atom is -0.369 e. The van der Waals surface area contributed by atoms with E-state index in [0.717, 1.165) is 51.5 Å². The molecule has 1 aromatic heterocycles. The van der Waals surface area contributed by atoms with Gasteiger partial charge in [-0.1, -0.05) is 12.1 Å². The third kappa shape index (κ3) is 4.33. The van der Waals surface area contributed by atoms with Gasteiger partial charge in [-0.15, -0.1) is 0 Å². The fourth-order valence-electron chi connectivity index (χ4n) is 3.07. The molecular weight excluding hydrogens is 286 g/mol. The summed E-state index contributed by atoms with van der Waals surface area (Å²) in [5.74, 6) is 0. The predicted octanol–water partition coefficient (Wildman–Crippen LogP) is 1.94. The SMILES string of the molecule is Cc1cccc(N2CCN(CCNCc3cn[nH]c3C)CC2)c1. The van der Waals surface area contributed by atoms with Gasteiger partial charge in [0.2, 0.25) is 0 Å². The second-order valence-corrected chi connectivity index (χ2v) is 6.36. The normalized spacial score (nSPS) is 16.0. The van der Waals surface area contributed by atoms with Crippen molar-refractivity contribution >= 4 is 5.69 Å². The molecule has 0 aliphatic carbocycles. The molecule has 124 valence electrons. The zero-order valence-corrected chi connectivity index (χ0v) is 14.2. The second-order valence-electron chi connectivity index (χ2n) is 6.36. The molecule has 2 aromatic rings. The molecule has 0 saturated carbocycles. The Bertz CT molecular complexity index is 613. The van der Waals surface area contributed by atoms with Gasteiger partial charge >= 0.3 is 0 Å². The van der Waals surface area contributed by atoms with Gasteiger partial charge in [-0.2, -0.15) is 5.10 Å². The number of hydrogen-bond acceptors (Lipinski definition) is 4. The molecule has 0 atom stereocenters. The van der Waals surface area contributed by atoms with E-state index in [1.807, 2.05) is 6.20 Å². The quantitative estimate of drug-likeness (QED) is 0.800. The zero-order valence-electron chi connectivity index (χ0n) is 14.2. The molecule has 23 heavy (non-hydrogen) atoms. The number of benzene rings is 1. The molecule has 2 heterocycles. The first kappa shape index (κ1) is 16.0. The lowest BCUT2D eigenvalue weighted by atomic mass is 10.2. The van der Waals surface area contributed by atoms with Gasteiger partial charge < -0.3 is 10.2 Å². The average Bonchev–Trinajstić information content (AvgIpc) is 2.97. The van der Waals surface area contributed by atoms with Gasteiger partial charge in [0.15, 0.2) is 0 Å². The molecule has 1 aliphatic rings. The number of hydrogen-bond donors (Lipinski definition) is 2. The van der Waals surface area contributed by atoms with Crippen LogP contribution in [0.15, 0.2) is 30.5 Å². The molecule has 1 aliphatic heterocycles. The summed E-state index contributed by atoms with van der Waals surface area (Å²) in [5, 5.41) is 10.5. The summed E-state index contributed by atoms with van der Waals surface area (Å²) in [7, 11) is 0. The maximum atomic E-state index is 4.05. The highest BCUT2D eigenvalue weighted by atomic mass is 15.3. The number of nitrogens with one attached hydrogen (secondary N) is 2. The molecule has 0 radical (unpaired) electrons. The van der Waals surface area contributed by atoms with Crippen molar-refractivity contribution < 1.29 is 0 Å². The van der Waals surface area contributed by atoms with E-state index in [9.17, 15) is 0 Å².